The van der Waals surface area contributed by atoms with Crippen molar-refractivity contribution in [2.24, 2.45) is 5.73 Å². The number of ether oxygens (including phenoxy) is 1. The van der Waals surface area contributed by atoms with Gasteiger partial charge in [-0.25, -0.2) is 4.39 Å². The molecule has 17 heavy (non-hydrogen) atoms. The van der Waals surface area contributed by atoms with Crippen molar-refractivity contribution in [2.75, 3.05) is 6.61 Å². The Labute approximate surface area is 98.8 Å². The Morgan fingerprint density at radius 2 is 2.29 bits per heavy atom. The SMILES string of the molecule is CCOC(=O)Cc1c(F)cc(C#N)cc1CN. The van der Waals surface area contributed by atoms with Gasteiger partial charge >= 0.3 is 5.97 Å². The van der Waals surface area contributed by atoms with Crippen molar-refractivity contribution in [3.05, 3.63) is 34.6 Å². The van der Waals surface area contributed by atoms with Crippen LogP contribution >= 0.6 is 0 Å². The standard InChI is InChI=1S/C12H13FN2O2/c1-2-17-12(16)5-10-9(7-15)3-8(6-14)4-11(10)13/h3-4H,2,5,7,15H2,1H3. The quantitative estimate of drug-likeness (QED) is 0.798. The van der Waals surface area contributed by atoms with E-state index in [1.54, 1.807) is 6.92 Å². The van der Waals surface area contributed by atoms with E-state index in [2.05, 4.69) is 0 Å². The molecule has 0 bridgehead atoms. The van der Waals surface area contributed by atoms with Crippen molar-refractivity contribution >= 4 is 5.97 Å². The zero-order chi connectivity index (χ0) is 12.8. The summed E-state index contributed by atoms with van der Waals surface area (Å²) in [7, 11) is 0. The lowest BCUT2D eigenvalue weighted by atomic mass is 10.0. The van der Waals surface area contributed by atoms with Gasteiger partial charge in [-0.15, -0.1) is 0 Å². The minimum absolute atomic E-state index is 0.0706. The normalized spacial score (nSPS) is 9.76. The third-order valence-corrected chi connectivity index (χ3v) is 2.26. The summed E-state index contributed by atoms with van der Waals surface area (Å²) in [6.45, 7) is 1.99. The minimum Gasteiger partial charge on any atom is -0.466 e. The Balaban J connectivity index is 3.06. The molecule has 0 saturated carbocycles. The maximum Gasteiger partial charge on any atom is 0.310 e. The van der Waals surface area contributed by atoms with Crippen LogP contribution < -0.4 is 5.73 Å². The van der Waals surface area contributed by atoms with Crippen LogP contribution in [0.25, 0.3) is 0 Å². The number of benzene rings is 1. The van der Waals surface area contributed by atoms with Gasteiger partial charge in [0.1, 0.15) is 5.82 Å². The Morgan fingerprint density at radius 3 is 2.82 bits per heavy atom. The number of rotatable bonds is 4. The Morgan fingerprint density at radius 1 is 1.59 bits per heavy atom. The summed E-state index contributed by atoms with van der Waals surface area (Å²) in [5.41, 5.74) is 6.31. The summed E-state index contributed by atoms with van der Waals surface area (Å²) < 4.78 is 18.4. The lowest BCUT2D eigenvalue weighted by Gasteiger charge is -2.09. The van der Waals surface area contributed by atoms with Crippen molar-refractivity contribution in [2.45, 2.75) is 19.9 Å². The molecule has 4 nitrogen and oxygen atoms in total. The number of halogens is 1. The van der Waals surface area contributed by atoms with Crippen molar-refractivity contribution in [3.8, 4) is 6.07 Å². The highest BCUT2D eigenvalue weighted by Gasteiger charge is 2.14. The first-order chi connectivity index (χ1) is 8.12. The van der Waals surface area contributed by atoms with E-state index in [0.717, 1.165) is 6.07 Å². The summed E-state index contributed by atoms with van der Waals surface area (Å²) >= 11 is 0. The van der Waals surface area contributed by atoms with Gasteiger partial charge in [-0.1, -0.05) is 0 Å². The molecular weight excluding hydrogens is 223 g/mol. The van der Waals surface area contributed by atoms with Gasteiger partial charge in [0.2, 0.25) is 0 Å². The van der Waals surface area contributed by atoms with Crippen LogP contribution in [-0.4, -0.2) is 12.6 Å². The van der Waals surface area contributed by atoms with E-state index in [4.69, 9.17) is 15.7 Å². The van der Waals surface area contributed by atoms with Gasteiger partial charge in [0.15, 0.2) is 0 Å². The fourth-order valence-corrected chi connectivity index (χ4v) is 1.49. The molecular formula is C12H13FN2O2. The summed E-state index contributed by atoms with van der Waals surface area (Å²) in [5.74, 6) is -1.11. The molecule has 0 fully saturated rings. The maximum absolute atomic E-state index is 13.7. The van der Waals surface area contributed by atoms with E-state index >= 15 is 0 Å². The molecule has 0 aliphatic rings. The Kier molecular flexibility index (Phi) is 4.61. The molecule has 0 aliphatic carbocycles. The number of nitriles is 1. The van der Waals surface area contributed by atoms with Gasteiger partial charge < -0.3 is 10.5 Å². The average Bonchev–Trinajstić information content (AvgIpc) is 2.31. The maximum atomic E-state index is 13.7. The zero-order valence-electron chi connectivity index (χ0n) is 9.50. The molecule has 1 aromatic carbocycles. The molecule has 0 amide bonds. The van der Waals surface area contributed by atoms with Crippen LogP contribution in [0, 0.1) is 17.1 Å². The molecule has 0 radical (unpaired) electrons. The van der Waals surface area contributed by atoms with Gasteiger partial charge in [0, 0.05) is 12.1 Å². The van der Waals surface area contributed by atoms with E-state index in [-0.39, 0.29) is 30.7 Å². The first kappa shape index (κ1) is 13.1. The molecule has 0 saturated heterocycles. The lowest BCUT2D eigenvalue weighted by molar-refractivity contribution is -0.142. The van der Waals surface area contributed by atoms with Gasteiger partial charge in [-0.3, -0.25) is 4.79 Å². The summed E-state index contributed by atoms with van der Waals surface area (Å²) in [6.07, 6.45) is -0.169. The number of hydrogen-bond donors (Lipinski definition) is 1. The number of nitrogens with two attached hydrogens (primary N) is 1. The number of hydrogen-bond acceptors (Lipinski definition) is 4. The molecule has 2 N–H and O–H groups in total. The molecule has 1 rings (SSSR count). The molecule has 0 unspecified atom stereocenters. The molecule has 0 heterocycles. The van der Waals surface area contributed by atoms with Crippen molar-refractivity contribution < 1.29 is 13.9 Å². The fraction of sp³-hybridized carbons (Fsp3) is 0.333. The second-order valence-corrected chi connectivity index (χ2v) is 3.39. The predicted molar refractivity (Wildman–Crippen MR) is 59.3 cm³/mol. The molecule has 1 aromatic rings. The van der Waals surface area contributed by atoms with E-state index in [0.29, 0.717) is 5.56 Å². The number of nitrogens with zero attached hydrogens (tertiary/aromatic N) is 1. The van der Waals surface area contributed by atoms with E-state index in [9.17, 15) is 9.18 Å². The van der Waals surface area contributed by atoms with E-state index in [1.807, 2.05) is 6.07 Å². The monoisotopic (exact) mass is 236 g/mol. The molecule has 90 valence electrons. The topological polar surface area (TPSA) is 76.1 Å². The van der Waals surface area contributed by atoms with Crippen LogP contribution in [0.1, 0.15) is 23.6 Å². The van der Waals surface area contributed by atoms with Crippen molar-refractivity contribution in [1.82, 2.24) is 0 Å². The average molecular weight is 236 g/mol. The van der Waals surface area contributed by atoms with Gasteiger partial charge in [0.25, 0.3) is 0 Å². The second kappa shape index (κ2) is 5.97. The highest BCUT2D eigenvalue weighted by molar-refractivity contribution is 5.73. The molecule has 0 aromatic heterocycles. The lowest BCUT2D eigenvalue weighted by Crippen LogP contribution is -2.13. The molecule has 0 spiro atoms. The van der Waals surface area contributed by atoms with Crippen molar-refractivity contribution in [1.29, 1.82) is 5.26 Å². The van der Waals surface area contributed by atoms with Crippen LogP contribution in [-0.2, 0) is 22.5 Å². The van der Waals surface area contributed by atoms with Crippen LogP contribution in [0.3, 0.4) is 0 Å². The summed E-state index contributed by atoms with van der Waals surface area (Å²) in [6, 6.07) is 4.41. The van der Waals surface area contributed by atoms with E-state index in [1.165, 1.54) is 6.07 Å². The number of carbonyl (C=O) groups excluding carboxylic acids is 1. The highest BCUT2D eigenvalue weighted by atomic mass is 19.1. The Hall–Kier alpha value is -1.93. The first-order valence-corrected chi connectivity index (χ1v) is 5.19. The Bertz CT molecular complexity index is 466. The highest BCUT2D eigenvalue weighted by Crippen LogP contribution is 2.17. The first-order valence-electron chi connectivity index (χ1n) is 5.19. The second-order valence-electron chi connectivity index (χ2n) is 3.39. The summed E-state index contributed by atoms with van der Waals surface area (Å²) in [5, 5.41) is 8.69. The van der Waals surface area contributed by atoms with Crippen LogP contribution in [0.4, 0.5) is 4.39 Å². The van der Waals surface area contributed by atoms with Gasteiger partial charge in [-0.05, 0) is 24.6 Å². The summed E-state index contributed by atoms with van der Waals surface area (Å²) in [4.78, 5) is 11.3. The number of esters is 1. The van der Waals surface area contributed by atoms with Crippen molar-refractivity contribution in [3.63, 3.8) is 0 Å². The third-order valence-electron chi connectivity index (χ3n) is 2.26. The minimum atomic E-state index is -0.599. The van der Waals surface area contributed by atoms with Crippen LogP contribution in [0.2, 0.25) is 0 Å². The van der Waals surface area contributed by atoms with Crippen LogP contribution in [0.5, 0.6) is 0 Å². The number of carbonyl (C=O) groups is 1. The van der Waals surface area contributed by atoms with Crippen LogP contribution in [0.15, 0.2) is 12.1 Å². The predicted octanol–water partition coefficient (Wildman–Crippen LogP) is 1.26. The molecule has 0 aliphatic heterocycles. The van der Waals surface area contributed by atoms with E-state index < -0.39 is 11.8 Å². The largest absolute Gasteiger partial charge is 0.466 e. The third kappa shape index (κ3) is 3.26. The van der Waals surface area contributed by atoms with Gasteiger partial charge in [-0.2, -0.15) is 5.26 Å². The van der Waals surface area contributed by atoms with Gasteiger partial charge in [0.05, 0.1) is 24.7 Å². The fourth-order valence-electron chi connectivity index (χ4n) is 1.49. The smallest absolute Gasteiger partial charge is 0.310 e. The molecule has 0 atom stereocenters. The zero-order valence-corrected chi connectivity index (χ0v) is 9.50. The molecule has 5 heteroatoms.